The number of carbonyl (C=O) groups excluding carboxylic acids is 2. The maximum atomic E-state index is 11.3. The first-order valence-corrected chi connectivity index (χ1v) is 5.72. The molecule has 4 nitrogen and oxygen atoms in total. The first-order chi connectivity index (χ1) is 8.24. The van der Waals surface area contributed by atoms with E-state index in [9.17, 15) is 9.59 Å². The van der Waals surface area contributed by atoms with E-state index in [4.69, 9.17) is 4.74 Å². The van der Waals surface area contributed by atoms with Crippen LogP contribution < -0.4 is 4.74 Å². The number of ether oxygens (including phenoxy) is 2. The molecule has 0 radical (unpaired) electrons. The van der Waals surface area contributed by atoms with Gasteiger partial charge in [0.25, 0.3) is 0 Å². The number of cyclic esters (lactones) is 2. The van der Waals surface area contributed by atoms with Gasteiger partial charge in [-0.2, -0.15) is 0 Å². The van der Waals surface area contributed by atoms with E-state index in [1.807, 2.05) is 18.2 Å². The fourth-order valence-corrected chi connectivity index (χ4v) is 2.47. The maximum Gasteiger partial charge on any atom is 0.314 e. The van der Waals surface area contributed by atoms with Gasteiger partial charge in [0.15, 0.2) is 0 Å². The van der Waals surface area contributed by atoms with Gasteiger partial charge in [-0.1, -0.05) is 18.2 Å². The van der Waals surface area contributed by atoms with Crippen LogP contribution in [0.4, 0.5) is 0 Å². The predicted molar refractivity (Wildman–Crippen MR) is 58.7 cm³/mol. The minimum Gasteiger partial charge on any atom is -0.493 e. The highest BCUT2D eigenvalue weighted by atomic mass is 16.6. The molecule has 0 aromatic heterocycles. The van der Waals surface area contributed by atoms with Gasteiger partial charge in [0.2, 0.25) is 0 Å². The van der Waals surface area contributed by atoms with Crippen molar-refractivity contribution in [2.45, 2.75) is 25.2 Å². The molecule has 17 heavy (non-hydrogen) atoms. The SMILES string of the molecule is O=C1CC(c2cccc3c2OCC3)CC(=O)O1. The van der Waals surface area contributed by atoms with Crippen LogP contribution in [0.1, 0.15) is 29.9 Å². The molecule has 1 aromatic carbocycles. The van der Waals surface area contributed by atoms with Crippen molar-refractivity contribution in [3.8, 4) is 5.75 Å². The summed E-state index contributed by atoms with van der Waals surface area (Å²) in [4.78, 5) is 22.5. The number of benzene rings is 1. The van der Waals surface area contributed by atoms with E-state index in [2.05, 4.69) is 4.74 Å². The molecule has 0 atom stereocenters. The second-order valence-corrected chi connectivity index (χ2v) is 4.39. The maximum absolute atomic E-state index is 11.3. The predicted octanol–water partition coefficient (Wildman–Crippen LogP) is 1.57. The largest absolute Gasteiger partial charge is 0.493 e. The Hall–Kier alpha value is -1.84. The number of rotatable bonds is 1. The van der Waals surface area contributed by atoms with E-state index in [-0.39, 0.29) is 18.8 Å². The molecule has 0 amide bonds. The van der Waals surface area contributed by atoms with E-state index < -0.39 is 11.9 Å². The summed E-state index contributed by atoms with van der Waals surface area (Å²) in [6, 6.07) is 5.91. The molecule has 88 valence electrons. The van der Waals surface area contributed by atoms with Crippen molar-refractivity contribution in [1.29, 1.82) is 0 Å². The molecule has 0 aliphatic carbocycles. The number of hydrogen-bond acceptors (Lipinski definition) is 4. The highest BCUT2D eigenvalue weighted by Gasteiger charge is 2.31. The average molecular weight is 232 g/mol. The van der Waals surface area contributed by atoms with E-state index in [1.165, 1.54) is 0 Å². The fraction of sp³-hybridized carbons (Fsp3) is 0.385. The van der Waals surface area contributed by atoms with Crippen molar-refractivity contribution < 1.29 is 19.1 Å². The van der Waals surface area contributed by atoms with Gasteiger partial charge >= 0.3 is 11.9 Å². The molecule has 0 unspecified atom stereocenters. The Balaban J connectivity index is 1.96. The first-order valence-electron chi connectivity index (χ1n) is 5.72. The lowest BCUT2D eigenvalue weighted by molar-refractivity contribution is -0.163. The summed E-state index contributed by atoms with van der Waals surface area (Å²) in [6.45, 7) is 0.678. The van der Waals surface area contributed by atoms with Crippen molar-refractivity contribution in [2.75, 3.05) is 6.61 Å². The molecule has 1 fully saturated rings. The van der Waals surface area contributed by atoms with E-state index in [0.717, 1.165) is 23.3 Å². The van der Waals surface area contributed by atoms with Gasteiger partial charge in [-0.25, -0.2) is 0 Å². The Kier molecular flexibility index (Phi) is 2.35. The Morgan fingerprint density at radius 2 is 1.88 bits per heavy atom. The van der Waals surface area contributed by atoms with Gasteiger partial charge in [-0.15, -0.1) is 0 Å². The van der Waals surface area contributed by atoms with Crippen molar-refractivity contribution in [3.63, 3.8) is 0 Å². The number of carbonyl (C=O) groups is 2. The third-order valence-electron chi connectivity index (χ3n) is 3.24. The van der Waals surface area contributed by atoms with Gasteiger partial charge in [0, 0.05) is 12.3 Å². The van der Waals surface area contributed by atoms with Crippen LogP contribution >= 0.6 is 0 Å². The molecule has 2 heterocycles. The van der Waals surface area contributed by atoms with Crippen LogP contribution in [0, 0.1) is 0 Å². The van der Waals surface area contributed by atoms with Gasteiger partial charge in [0.05, 0.1) is 19.4 Å². The zero-order chi connectivity index (χ0) is 11.8. The molecule has 2 aliphatic rings. The Morgan fingerprint density at radius 1 is 1.12 bits per heavy atom. The van der Waals surface area contributed by atoms with E-state index in [1.54, 1.807) is 0 Å². The summed E-state index contributed by atoms with van der Waals surface area (Å²) < 4.78 is 10.1. The van der Waals surface area contributed by atoms with Crippen LogP contribution in [0.5, 0.6) is 5.75 Å². The lowest BCUT2D eigenvalue weighted by Crippen LogP contribution is -2.24. The van der Waals surface area contributed by atoms with Crippen molar-refractivity contribution in [2.24, 2.45) is 0 Å². The normalized spacial score (nSPS) is 19.8. The topological polar surface area (TPSA) is 52.6 Å². The van der Waals surface area contributed by atoms with Crippen LogP contribution in [0.15, 0.2) is 18.2 Å². The molecule has 4 heteroatoms. The summed E-state index contributed by atoms with van der Waals surface area (Å²) >= 11 is 0. The van der Waals surface area contributed by atoms with Gasteiger partial charge < -0.3 is 9.47 Å². The number of fused-ring (bicyclic) bond motifs is 1. The first kappa shape index (κ1) is 10.3. The van der Waals surface area contributed by atoms with Gasteiger partial charge in [-0.05, 0) is 11.1 Å². The third-order valence-corrected chi connectivity index (χ3v) is 3.24. The van der Waals surface area contributed by atoms with Gasteiger partial charge in [-0.3, -0.25) is 9.59 Å². The molecule has 0 N–H and O–H groups in total. The summed E-state index contributed by atoms with van der Waals surface area (Å²) in [6.07, 6.45) is 1.41. The van der Waals surface area contributed by atoms with Crippen LogP contribution in [0.3, 0.4) is 0 Å². The number of esters is 2. The van der Waals surface area contributed by atoms with Crippen molar-refractivity contribution in [3.05, 3.63) is 29.3 Å². The molecular weight excluding hydrogens is 220 g/mol. The number of hydrogen-bond donors (Lipinski definition) is 0. The van der Waals surface area contributed by atoms with E-state index in [0.29, 0.717) is 6.61 Å². The fourth-order valence-electron chi connectivity index (χ4n) is 2.47. The third kappa shape index (κ3) is 1.79. The molecule has 1 saturated heterocycles. The summed E-state index contributed by atoms with van der Waals surface area (Å²) in [5.41, 5.74) is 2.12. The molecular formula is C13H12O4. The van der Waals surface area contributed by atoms with Crippen molar-refractivity contribution in [1.82, 2.24) is 0 Å². The Labute approximate surface area is 98.5 Å². The average Bonchev–Trinajstić information content (AvgIpc) is 2.75. The monoisotopic (exact) mass is 232 g/mol. The highest BCUT2D eigenvalue weighted by molar-refractivity contribution is 5.89. The van der Waals surface area contributed by atoms with Gasteiger partial charge in [0.1, 0.15) is 5.75 Å². The lowest BCUT2D eigenvalue weighted by atomic mass is 9.89. The molecule has 0 spiro atoms. The summed E-state index contributed by atoms with van der Waals surface area (Å²) in [5.74, 6) is -0.125. The molecule has 2 aliphatic heterocycles. The minimum absolute atomic E-state index is 0.100. The second kappa shape index (κ2) is 3.87. The van der Waals surface area contributed by atoms with Crippen LogP contribution in [-0.4, -0.2) is 18.5 Å². The highest BCUT2D eigenvalue weighted by Crippen LogP contribution is 2.38. The zero-order valence-corrected chi connectivity index (χ0v) is 9.27. The standard InChI is InChI=1S/C13H12O4/c14-11-6-9(7-12(15)17-11)10-3-1-2-8-4-5-16-13(8)10/h1-3,9H,4-7H2. The summed E-state index contributed by atoms with van der Waals surface area (Å²) in [5, 5.41) is 0. The van der Waals surface area contributed by atoms with Crippen LogP contribution in [-0.2, 0) is 20.7 Å². The van der Waals surface area contributed by atoms with Crippen LogP contribution in [0.2, 0.25) is 0 Å². The molecule has 0 bridgehead atoms. The van der Waals surface area contributed by atoms with Crippen LogP contribution in [0.25, 0.3) is 0 Å². The smallest absolute Gasteiger partial charge is 0.314 e. The molecule has 0 saturated carbocycles. The number of para-hydroxylation sites is 1. The van der Waals surface area contributed by atoms with Crippen molar-refractivity contribution >= 4 is 11.9 Å². The minimum atomic E-state index is -0.443. The van der Waals surface area contributed by atoms with E-state index >= 15 is 0 Å². The zero-order valence-electron chi connectivity index (χ0n) is 9.27. The Bertz CT molecular complexity index is 476. The second-order valence-electron chi connectivity index (χ2n) is 4.39. The molecule has 3 rings (SSSR count). The Morgan fingerprint density at radius 3 is 2.65 bits per heavy atom. The quantitative estimate of drug-likeness (QED) is 0.544. The molecule has 1 aromatic rings. The summed E-state index contributed by atoms with van der Waals surface area (Å²) in [7, 11) is 0. The lowest BCUT2D eigenvalue weighted by Gasteiger charge is -2.21.